The normalized spacial score (nSPS) is 16.7. The van der Waals surface area contributed by atoms with E-state index in [-0.39, 0.29) is 10.8 Å². The summed E-state index contributed by atoms with van der Waals surface area (Å²) in [5, 5.41) is 12.3. The first-order chi connectivity index (χ1) is 14.4. The first kappa shape index (κ1) is 20.3. The molecule has 1 N–H and O–H groups in total. The van der Waals surface area contributed by atoms with Gasteiger partial charge in [-0.2, -0.15) is 9.98 Å². The van der Waals surface area contributed by atoms with Crippen molar-refractivity contribution in [2.75, 3.05) is 13.7 Å². The number of nitrogens with one attached hydrogen (secondary N) is 1. The van der Waals surface area contributed by atoms with Crippen molar-refractivity contribution < 1.29 is 17.9 Å². The largest absolute Gasteiger partial charge is 0.497 e. The van der Waals surface area contributed by atoms with Crippen molar-refractivity contribution in [1.29, 1.82) is 5.26 Å². The highest BCUT2D eigenvalue weighted by atomic mass is 32.2. The average molecular weight is 442 g/mol. The first-order valence-electron chi connectivity index (χ1n) is 9.26. The summed E-state index contributed by atoms with van der Waals surface area (Å²) in [6, 6.07) is 13.3. The number of rotatable bonds is 6. The van der Waals surface area contributed by atoms with Crippen LogP contribution in [0.15, 0.2) is 52.7 Å². The lowest BCUT2D eigenvalue weighted by atomic mass is 10.1. The third kappa shape index (κ3) is 4.03. The van der Waals surface area contributed by atoms with E-state index in [2.05, 4.69) is 10.8 Å². The fourth-order valence-corrected chi connectivity index (χ4v) is 5.55. The van der Waals surface area contributed by atoms with Crippen LogP contribution in [0, 0.1) is 11.3 Å². The number of carbonyl (C=O) groups is 1. The molecular weight excluding hydrogens is 422 g/mol. The van der Waals surface area contributed by atoms with Crippen LogP contribution in [-0.4, -0.2) is 38.9 Å². The molecule has 0 bridgehead atoms. The second-order valence-corrected chi connectivity index (χ2v) is 9.72. The topological polar surface area (TPSA) is 99.5 Å². The molecule has 0 unspecified atom stereocenters. The molecule has 2 aromatic carbocycles. The Morgan fingerprint density at radius 3 is 2.77 bits per heavy atom. The predicted octanol–water partition coefficient (Wildman–Crippen LogP) is 2.86. The van der Waals surface area contributed by atoms with Crippen LogP contribution in [0.3, 0.4) is 0 Å². The molecule has 0 spiro atoms. The summed E-state index contributed by atoms with van der Waals surface area (Å²) >= 11 is 1.41. The third-order valence-electron chi connectivity index (χ3n) is 5.05. The molecule has 1 aromatic heterocycles. The van der Waals surface area contributed by atoms with Crippen molar-refractivity contribution in [3.8, 4) is 11.8 Å². The molecule has 7 nitrogen and oxygen atoms in total. The molecule has 0 saturated carbocycles. The Bertz CT molecular complexity index is 1260. The zero-order chi connectivity index (χ0) is 21.3. The van der Waals surface area contributed by atoms with E-state index < -0.39 is 16.1 Å². The van der Waals surface area contributed by atoms with Crippen LogP contribution in [0.25, 0.3) is 10.8 Å². The molecule has 0 radical (unpaired) electrons. The number of methoxy groups -OCH3 is 1. The van der Waals surface area contributed by atoms with Crippen LogP contribution >= 0.6 is 11.3 Å². The quantitative estimate of drug-likeness (QED) is 0.634. The minimum absolute atomic E-state index is 0.103. The molecule has 1 aliphatic heterocycles. The molecular formula is C21H19N3O4S2. The van der Waals surface area contributed by atoms with E-state index in [4.69, 9.17) is 10.00 Å². The maximum Gasteiger partial charge on any atom is 0.241 e. The van der Waals surface area contributed by atoms with Gasteiger partial charge >= 0.3 is 0 Å². The Morgan fingerprint density at radius 1 is 1.23 bits per heavy atom. The number of carbonyl (C=O) groups excluding carboxylic acids is 1. The average Bonchev–Trinajstić information content (AvgIpc) is 3.34. The number of hydrogen-bond donors (Lipinski definition) is 1. The second kappa shape index (κ2) is 8.07. The van der Waals surface area contributed by atoms with Gasteiger partial charge in [0, 0.05) is 16.8 Å². The summed E-state index contributed by atoms with van der Waals surface area (Å²) in [5.74, 6) is 0.382. The summed E-state index contributed by atoms with van der Waals surface area (Å²) in [6.45, 7) is 0.833. The van der Waals surface area contributed by atoms with Crippen LogP contribution in [0.4, 0.5) is 0 Å². The zero-order valence-corrected chi connectivity index (χ0v) is 17.8. The van der Waals surface area contributed by atoms with Gasteiger partial charge in [-0.25, -0.2) is 8.42 Å². The Labute approximate surface area is 178 Å². The van der Waals surface area contributed by atoms with Crippen molar-refractivity contribution in [2.24, 2.45) is 0 Å². The Kier molecular flexibility index (Phi) is 5.47. The Balaban J connectivity index is 1.50. The van der Waals surface area contributed by atoms with Gasteiger partial charge in [-0.3, -0.25) is 4.79 Å². The second-order valence-electron chi connectivity index (χ2n) is 7.01. The van der Waals surface area contributed by atoms with Gasteiger partial charge in [0.1, 0.15) is 17.9 Å². The van der Waals surface area contributed by atoms with Crippen LogP contribution < -0.4 is 9.46 Å². The Hall–Kier alpha value is -2.93. The van der Waals surface area contributed by atoms with Crippen molar-refractivity contribution in [3.05, 3.63) is 58.3 Å². The van der Waals surface area contributed by atoms with Crippen LogP contribution in [-0.2, 0) is 21.4 Å². The molecule has 154 valence electrons. The monoisotopic (exact) mass is 441 g/mol. The fraction of sp³-hybridized carbons (Fsp3) is 0.238. The zero-order valence-electron chi connectivity index (χ0n) is 16.2. The minimum atomic E-state index is -3.86. The van der Waals surface area contributed by atoms with E-state index in [0.717, 1.165) is 15.6 Å². The smallest absolute Gasteiger partial charge is 0.241 e. The van der Waals surface area contributed by atoms with E-state index in [0.29, 0.717) is 30.8 Å². The molecule has 1 aliphatic rings. The lowest BCUT2D eigenvalue weighted by Crippen LogP contribution is -2.41. The Morgan fingerprint density at radius 2 is 2.03 bits per heavy atom. The standard InChI is InChI=1S/C21H19N3O4S2/c1-28-17-4-2-15-3-5-19(10-16(15)9-17)30(26,27)23-20-6-7-24(21(20)25)12-18-8-14(11-22)13-29-18/h2-5,8-10,13,20,23H,6-7,12H2,1H3/t20-/m0/s1. The molecule has 9 heteroatoms. The maximum atomic E-state index is 12.9. The third-order valence-corrected chi connectivity index (χ3v) is 7.44. The number of fused-ring (bicyclic) bond motifs is 1. The van der Waals surface area contributed by atoms with Crippen LogP contribution in [0.2, 0.25) is 0 Å². The minimum Gasteiger partial charge on any atom is -0.497 e. The van der Waals surface area contributed by atoms with E-state index >= 15 is 0 Å². The number of ether oxygens (including phenoxy) is 1. The van der Waals surface area contributed by atoms with Gasteiger partial charge in [0.25, 0.3) is 0 Å². The van der Waals surface area contributed by atoms with E-state index in [9.17, 15) is 13.2 Å². The number of likely N-dealkylation sites (tertiary alicyclic amines) is 1. The van der Waals surface area contributed by atoms with Gasteiger partial charge in [-0.1, -0.05) is 12.1 Å². The maximum absolute atomic E-state index is 12.9. The lowest BCUT2D eigenvalue weighted by Gasteiger charge is -2.16. The summed E-state index contributed by atoms with van der Waals surface area (Å²) in [7, 11) is -2.31. The van der Waals surface area contributed by atoms with E-state index in [1.165, 1.54) is 17.4 Å². The first-order valence-corrected chi connectivity index (χ1v) is 11.6. The van der Waals surface area contributed by atoms with E-state index in [1.54, 1.807) is 41.7 Å². The molecule has 1 fully saturated rings. The fourth-order valence-electron chi connectivity index (χ4n) is 3.47. The van der Waals surface area contributed by atoms with Crippen LogP contribution in [0.5, 0.6) is 5.75 Å². The van der Waals surface area contributed by atoms with Crippen molar-refractivity contribution in [3.63, 3.8) is 0 Å². The van der Waals surface area contributed by atoms with Crippen molar-refractivity contribution in [1.82, 2.24) is 9.62 Å². The van der Waals surface area contributed by atoms with Gasteiger partial charge < -0.3 is 9.64 Å². The van der Waals surface area contributed by atoms with E-state index in [1.807, 2.05) is 12.1 Å². The lowest BCUT2D eigenvalue weighted by molar-refractivity contribution is -0.129. The molecule has 4 rings (SSSR count). The van der Waals surface area contributed by atoms with Gasteiger partial charge in [-0.15, -0.1) is 11.3 Å². The molecule has 1 amide bonds. The molecule has 2 heterocycles. The summed E-state index contributed by atoms with van der Waals surface area (Å²) < 4.78 is 33.5. The number of sulfonamides is 1. The molecule has 0 aliphatic carbocycles. The van der Waals surface area contributed by atoms with Gasteiger partial charge in [0.05, 0.1) is 24.1 Å². The summed E-state index contributed by atoms with van der Waals surface area (Å²) in [6.07, 6.45) is 0.399. The van der Waals surface area contributed by atoms with Crippen LogP contribution in [0.1, 0.15) is 16.9 Å². The highest BCUT2D eigenvalue weighted by Gasteiger charge is 2.35. The highest BCUT2D eigenvalue weighted by Crippen LogP contribution is 2.25. The number of nitrogens with zero attached hydrogens (tertiary/aromatic N) is 2. The predicted molar refractivity (Wildman–Crippen MR) is 114 cm³/mol. The summed E-state index contributed by atoms with van der Waals surface area (Å²) in [4.78, 5) is 15.3. The highest BCUT2D eigenvalue weighted by molar-refractivity contribution is 7.89. The SMILES string of the molecule is COc1ccc2ccc(S(=O)(=O)N[C@H]3CCN(Cc4cc(C#N)cs4)C3=O)cc2c1. The molecule has 1 atom stereocenters. The number of thiophene rings is 1. The van der Waals surface area contributed by atoms with Gasteiger partial charge in [0.2, 0.25) is 15.9 Å². The van der Waals surface area contributed by atoms with Gasteiger partial charge in [-0.05, 0) is 47.5 Å². The van der Waals surface area contributed by atoms with Crippen molar-refractivity contribution in [2.45, 2.75) is 23.9 Å². The number of benzene rings is 2. The van der Waals surface area contributed by atoms with Crippen molar-refractivity contribution >= 4 is 38.0 Å². The van der Waals surface area contributed by atoms with Gasteiger partial charge in [0.15, 0.2) is 0 Å². The summed E-state index contributed by atoms with van der Waals surface area (Å²) in [5.41, 5.74) is 0.562. The molecule has 3 aromatic rings. The number of amides is 1. The number of nitriles is 1. The number of hydrogen-bond acceptors (Lipinski definition) is 6. The molecule has 30 heavy (non-hydrogen) atoms. The molecule has 1 saturated heterocycles.